The first-order valence-corrected chi connectivity index (χ1v) is 10.4. The predicted molar refractivity (Wildman–Crippen MR) is 112 cm³/mol. The molecule has 1 fully saturated rings. The van der Waals surface area contributed by atoms with Gasteiger partial charge < -0.3 is 10.2 Å². The second-order valence-electron chi connectivity index (χ2n) is 7.71. The molecule has 0 aliphatic carbocycles. The van der Waals surface area contributed by atoms with E-state index in [1.165, 1.54) is 6.07 Å². The summed E-state index contributed by atoms with van der Waals surface area (Å²) in [6.07, 6.45) is 5.36. The SMILES string of the molecule is O=C(CC1CCCCN1c1ccnc(-n2ccnc2)n1)NCc1cccc(C(F)(F)F)c1. The zero-order valence-corrected chi connectivity index (χ0v) is 17.3. The Morgan fingerprint density at radius 3 is 2.84 bits per heavy atom. The maximum Gasteiger partial charge on any atom is 0.416 e. The van der Waals surface area contributed by atoms with Crippen molar-refractivity contribution in [3.05, 3.63) is 66.4 Å². The zero-order chi connectivity index (χ0) is 22.6. The van der Waals surface area contributed by atoms with Crippen molar-refractivity contribution < 1.29 is 18.0 Å². The molecule has 1 aliphatic heterocycles. The van der Waals surface area contributed by atoms with Crippen molar-refractivity contribution in [2.24, 2.45) is 0 Å². The van der Waals surface area contributed by atoms with Gasteiger partial charge in [0.2, 0.25) is 11.9 Å². The fourth-order valence-electron chi connectivity index (χ4n) is 3.86. The summed E-state index contributed by atoms with van der Waals surface area (Å²) in [5, 5.41) is 2.75. The van der Waals surface area contributed by atoms with Crippen LogP contribution in [-0.4, -0.2) is 38.0 Å². The smallest absolute Gasteiger partial charge is 0.353 e. The Kier molecular flexibility index (Phi) is 6.38. The van der Waals surface area contributed by atoms with Crippen LogP contribution in [0.1, 0.15) is 36.8 Å². The predicted octanol–water partition coefficient (Wildman–Crippen LogP) is 3.75. The molecular formula is C22H23F3N6O. The topological polar surface area (TPSA) is 75.9 Å². The lowest BCUT2D eigenvalue weighted by molar-refractivity contribution is -0.137. The summed E-state index contributed by atoms with van der Waals surface area (Å²) < 4.78 is 40.4. The van der Waals surface area contributed by atoms with Gasteiger partial charge in [0.25, 0.3) is 0 Å². The van der Waals surface area contributed by atoms with Crippen molar-refractivity contribution in [2.75, 3.05) is 11.4 Å². The highest BCUT2D eigenvalue weighted by molar-refractivity contribution is 5.77. The maximum absolute atomic E-state index is 12.9. The molecule has 1 aliphatic rings. The fourth-order valence-corrected chi connectivity index (χ4v) is 3.86. The van der Waals surface area contributed by atoms with Crippen molar-refractivity contribution in [3.8, 4) is 5.95 Å². The van der Waals surface area contributed by atoms with E-state index in [0.717, 1.165) is 43.8 Å². The Morgan fingerprint density at radius 1 is 1.19 bits per heavy atom. The Balaban J connectivity index is 1.41. The van der Waals surface area contributed by atoms with E-state index in [9.17, 15) is 18.0 Å². The van der Waals surface area contributed by atoms with Gasteiger partial charge in [0.15, 0.2) is 0 Å². The molecule has 1 amide bonds. The third kappa shape index (κ3) is 5.24. The highest BCUT2D eigenvalue weighted by Crippen LogP contribution is 2.29. The Labute approximate surface area is 183 Å². The van der Waals surface area contributed by atoms with Gasteiger partial charge >= 0.3 is 6.18 Å². The van der Waals surface area contributed by atoms with Crippen LogP contribution in [0.3, 0.4) is 0 Å². The summed E-state index contributed by atoms with van der Waals surface area (Å²) in [5.41, 5.74) is -0.311. The molecule has 10 heteroatoms. The lowest BCUT2D eigenvalue weighted by Gasteiger charge is -2.36. The van der Waals surface area contributed by atoms with Crippen LogP contribution in [0.15, 0.2) is 55.2 Å². The number of benzene rings is 1. The van der Waals surface area contributed by atoms with Crippen LogP contribution < -0.4 is 10.2 Å². The monoisotopic (exact) mass is 444 g/mol. The number of rotatable bonds is 6. The van der Waals surface area contributed by atoms with Crippen LogP contribution in [0, 0.1) is 0 Å². The van der Waals surface area contributed by atoms with Crippen LogP contribution >= 0.6 is 0 Å². The number of hydrogen-bond acceptors (Lipinski definition) is 5. The molecule has 0 spiro atoms. The van der Waals surface area contributed by atoms with E-state index >= 15 is 0 Å². The van der Waals surface area contributed by atoms with Crippen molar-refractivity contribution in [3.63, 3.8) is 0 Å². The maximum atomic E-state index is 12.9. The second kappa shape index (κ2) is 9.37. The molecule has 7 nitrogen and oxygen atoms in total. The second-order valence-corrected chi connectivity index (χ2v) is 7.71. The van der Waals surface area contributed by atoms with Gasteiger partial charge in [0, 0.05) is 44.1 Å². The summed E-state index contributed by atoms with van der Waals surface area (Å²) in [4.78, 5) is 27.6. The van der Waals surface area contributed by atoms with Gasteiger partial charge in [-0.2, -0.15) is 18.2 Å². The third-order valence-electron chi connectivity index (χ3n) is 5.45. The van der Waals surface area contributed by atoms with Crippen LogP contribution in [0.25, 0.3) is 5.95 Å². The zero-order valence-electron chi connectivity index (χ0n) is 17.3. The first kappa shape index (κ1) is 21.8. The number of carbonyl (C=O) groups excluding carboxylic acids is 1. The van der Waals surface area contributed by atoms with Gasteiger partial charge in [-0.05, 0) is 43.0 Å². The molecule has 1 aromatic carbocycles. The average molecular weight is 444 g/mol. The number of hydrogen-bond donors (Lipinski definition) is 1. The summed E-state index contributed by atoms with van der Waals surface area (Å²) in [5.74, 6) is 1.03. The van der Waals surface area contributed by atoms with Gasteiger partial charge in [-0.3, -0.25) is 9.36 Å². The van der Waals surface area contributed by atoms with E-state index in [2.05, 4.69) is 25.2 Å². The van der Waals surface area contributed by atoms with Gasteiger partial charge in [-0.1, -0.05) is 12.1 Å². The first-order chi connectivity index (χ1) is 15.4. The average Bonchev–Trinajstić information content (AvgIpc) is 3.33. The number of aromatic nitrogens is 4. The normalized spacial score (nSPS) is 16.7. The van der Waals surface area contributed by atoms with Gasteiger partial charge in [-0.15, -0.1) is 0 Å². The fraction of sp³-hybridized carbons (Fsp3) is 0.364. The lowest BCUT2D eigenvalue weighted by Crippen LogP contribution is -2.43. The van der Waals surface area contributed by atoms with E-state index in [1.807, 2.05) is 6.07 Å². The Morgan fingerprint density at radius 2 is 2.06 bits per heavy atom. The van der Waals surface area contributed by atoms with Crippen LogP contribution in [0.2, 0.25) is 0 Å². The summed E-state index contributed by atoms with van der Waals surface area (Å²) in [6, 6.07) is 6.77. The number of nitrogens with one attached hydrogen (secondary N) is 1. The number of amides is 1. The van der Waals surface area contributed by atoms with Crippen molar-refractivity contribution in [2.45, 2.75) is 44.4 Å². The van der Waals surface area contributed by atoms with Crippen LogP contribution in [0.5, 0.6) is 0 Å². The van der Waals surface area contributed by atoms with Gasteiger partial charge in [0.05, 0.1) is 5.56 Å². The van der Waals surface area contributed by atoms with Gasteiger partial charge in [-0.25, -0.2) is 9.97 Å². The van der Waals surface area contributed by atoms with E-state index in [1.54, 1.807) is 35.6 Å². The Bertz CT molecular complexity index is 1050. The van der Waals surface area contributed by atoms with E-state index in [-0.39, 0.29) is 24.9 Å². The molecule has 32 heavy (non-hydrogen) atoms. The molecule has 4 rings (SSSR count). The van der Waals surface area contributed by atoms with Crippen molar-refractivity contribution in [1.82, 2.24) is 24.8 Å². The molecule has 1 saturated heterocycles. The van der Waals surface area contributed by atoms with Crippen LogP contribution in [-0.2, 0) is 17.5 Å². The number of imidazole rings is 1. The number of halogens is 3. The lowest BCUT2D eigenvalue weighted by atomic mass is 9.99. The molecule has 0 saturated carbocycles. The minimum atomic E-state index is -4.41. The molecule has 2 aromatic heterocycles. The highest BCUT2D eigenvalue weighted by atomic mass is 19.4. The minimum absolute atomic E-state index is 0.0456. The van der Waals surface area contributed by atoms with Gasteiger partial charge in [0.1, 0.15) is 12.1 Å². The summed E-state index contributed by atoms with van der Waals surface area (Å²) >= 11 is 0. The third-order valence-corrected chi connectivity index (χ3v) is 5.45. The number of alkyl halides is 3. The molecular weight excluding hydrogens is 421 g/mol. The highest BCUT2D eigenvalue weighted by Gasteiger charge is 2.30. The van der Waals surface area contributed by atoms with Crippen molar-refractivity contribution >= 4 is 11.7 Å². The number of nitrogens with zero attached hydrogens (tertiary/aromatic N) is 5. The number of piperidine rings is 1. The van der Waals surface area contributed by atoms with Crippen LogP contribution in [0.4, 0.5) is 19.0 Å². The molecule has 1 atom stereocenters. The largest absolute Gasteiger partial charge is 0.416 e. The number of carbonyl (C=O) groups is 1. The molecule has 1 unspecified atom stereocenters. The summed E-state index contributed by atoms with van der Waals surface area (Å²) in [6.45, 7) is 0.819. The summed E-state index contributed by atoms with van der Waals surface area (Å²) in [7, 11) is 0. The first-order valence-electron chi connectivity index (χ1n) is 10.4. The minimum Gasteiger partial charge on any atom is -0.353 e. The Hall–Kier alpha value is -3.43. The van der Waals surface area contributed by atoms with E-state index in [4.69, 9.17) is 0 Å². The molecule has 1 N–H and O–H groups in total. The quantitative estimate of drug-likeness (QED) is 0.627. The standard InChI is InChI=1S/C22H23F3N6O/c23-22(24,25)17-5-3-4-16(12-17)14-28-20(32)13-18-6-1-2-10-31(18)19-7-8-27-21(29-19)30-11-9-26-15-30/h3-5,7-9,11-12,15,18H,1-2,6,10,13-14H2,(H,28,32). The molecule has 3 heterocycles. The molecule has 168 valence electrons. The van der Waals surface area contributed by atoms with E-state index in [0.29, 0.717) is 11.5 Å². The van der Waals surface area contributed by atoms with Crippen molar-refractivity contribution in [1.29, 1.82) is 0 Å². The number of anilines is 1. The molecule has 3 aromatic rings. The molecule has 0 radical (unpaired) electrons. The molecule has 0 bridgehead atoms. The van der Waals surface area contributed by atoms with E-state index < -0.39 is 11.7 Å².